The Morgan fingerprint density at radius 1 is 1.60 bits per heavy atom. The molecule has 0 aliphatic heterocycles. The first-order chi connectivity index (χ1) is 7.13. The van der Waals surface area contributed by atoms with E-state index in [0.717, 1.165) is 12.8 Å². The SMILES string of the molecule is CCCC(C)COc1ccc(C(=O)O)o1. The molecule has 4 heteroatoms. The first-order valence-corrected chi connectivity index (χ1v) is 5.09. The second kappa shape index (κ2) is 5.44. The predicted octanol–water partition coefficient (Wildman–Crippen LogP) is 2.79. The zero-order valence-corrected chi connectivity index (χ0v) is 9.03. The van der Waals surface area contributed by atoms with Gasteiger partial charge >= 0.3 is 5.97 Å². The summed E-state index contributed by atoms with van der Waals surface area (Å²) in [5.41, 5.74) is 0. The molecular formula is C11H16O4. The lowest BCUT2D eigenvalue weighted by Crippen LogP contribution is -2.07. The van der Waals surface area contributed by atoms with E-state index in [1.165, 1.54) is 12.1 Å². The van der Waals surface area contributed by atoms with Gasteiger partial charge in [0.1, 0.15) is 0 Å². The largest absolute Gasteiger partial charge is 0.475 e. The summed E-state index contributed by atoms with van der Waals surface area (Å²) in [6, 6.07) is 2.92. The fourth-order valence-electron chi connectivity index (χ4n) is 1.31. The van der Waals surface area contributed by atoms with Gasteiger partial charge in [-0.15, -0.1) is 0 Å². The van der Waals surface area contributed by atoms with E-state index in [1.807, 2.05) is 0 Å². The summed E-state index contributed by atoms with van der Waals surface area (Å²) in [6.07, 6.45) is 2.20. The third kappa shape index (κ3) is 3.65. The number of carboxylic acid groups (broad SMARTS) is 1. The highest BCUT2D eigenvalue weighted by molar-refractivity contribution is 5.84. The molecule has 0 radical (unpaired) electrons. The Bertz CT molecular complexity index is 316. The lowest BCUT2D eigenvalue weighted by atomic mass is 10.1. The van der Waals surface area contributed by atoms with Crippen molar-refractivity contribution in [3.05, 3.63) is 17.9 Å². The van der Waals surface area contributed by atoms with Crippen molar-refractivity contribution in [1.29, 1.82) is 0 Å². The third-order valence-electron chi connectivity index (χ3n) is 2.08. The summed E-state index contributed by atoms with van der Waals surface area (Å²) in [4.78, 5) is 10.5. The van der Waals surface area contributed by atoms with Crippen LogP contribution in [0.4, 0.5) is 0 Å². The molecule has 84 valence electrons. The highest BCUT2D eigenvalue weighted by atomic mass is 16.6. The van der Waals surface area contributed by atoms with Gasteiger partial charge in [-0.05, 0) is 18.4 Å². The Balaban J connectivity index is 2.40. The number of rotatable bonds is 6. The molecule has 0 saturated carbocycles. The first kappa shape index (κ1) is 11.6. The van der Waals surface area contributed by atoms with Crippen molar-refractivity contribution in [3.63, 3.8) is 0 Å². The van der Waals surface area contributed by atoms with Crippen molar-refractivity contribution >= 4 is 5.97 Å². The molecule has 15 heavy (non-hydrogen) atoms. The average molecular weight is 212 g/mol. The van der Waals surface area contributed by atoms with Gasteiger partial charge in [0.05, 0.1) is 6.61 Å². The van der Waals surface area contributed by atoms with Gasteiger partial charge in [-0.1, -0.05) is 20.3 Å². The second-order valence-corrected chi connectivity index (χ2v) is 3.63. The summed E-state index contributed by atoms with van der Waals surface area (Å²) in [6.45, 7) is 4.76. The second-order valence-electron chi connectivity index (χ2n) is 3.63. The molecule has 0 bridgehead atoms. The fourth-order valence-corrected chi connectivity index (χ4v) is 1.31. The van der Waals surface area contributed by atoms with Gasteiger partial charge in [0, 0.05) is 6.07 Å². The van der Waals surface area contributed by atoms with Crippen LogP contribution in [-0.2, 0) is 0 Å². The van der Waals surface area contributed by atoms with Crippen LogP contribution in [0.1, 0.15) is 37.2 Å². The summed E-state index contributed by atoms with van der Waals surface area (Å²) in [5, 5.41) is 8.61. The molecule has 0 aliphatic carbocycles. The number of aromatic carboxylic acids is 1. The predicted molar refractivity (Wildman–Crippen MR) is 55.2 cm³/mol. The zero-order valence-electron chi connectivity index (χ0n) is 9.03. The van der Waals surface area contributed by atoms with Gasteiger partial charge in [0.15, 0.2) is 0 Å². The third-order valence-corrected chi connectivity index (χ3v) is 2.08. The fraction of sp³-hybridized carbons (Fsp3) is 0.545. The molecule has 1 unspecified atom stereocenters. The van der Waals surface area contributed by atoms with Crippen molar-refractivity contribution in [1.82, 2.24) is 0 Å². The maximum atomic E-state index is 10.5. The van der Waals surface area contributed by atoms with Crippen LogP contribution in [0.2, 0.25) is 0 Å². The van der Waals surface area contributed by atoms with Crippen molar-refractivity contribution in [2.45, 2.75) is 26.7 Å². The molecule has 1 heterocycles. The van der Waals surface area contributed by atoms with E-state index in [9.17, 15) is 4.79 Å². The van der Waals surface area contributed by atoms with E-state index in [0.29, 0.717) is 12.5 Å². The van der Waals surface area contributed by atoms with Crippen LogP contribution >= 0.6 is 0 Å². The topological polar surface area (TPSA) is 59.7 Å². The number of hydrogen-bond acceptors (Lipinski definition) is 3. The summed E-state index contributed by atoms with van der Waals surface area (Å²) >= 11 is 0. The molecule has 0 amide bonds. The zero-order chi connectivity index (χ0) is 11.3. The van der Waals surface area contributed by atoms with Crippen LogP contribution in [0.25, 0.3) is 0 Å². The van der Waals surface area contributed by atoms with Crippen molar-refractivity contribution < 1.29 is 19.1 Å². The maximum absolute atomic E-state index is 10.5. The maximum Gasteiger partial charge on any atom is 0.371 e. The minimum Gasteiger partial charge on any atom is -0.475 e. The number of carbonyl (C=O) groups is 1. The van der Waals surface area contributed by atoms with E-state index in [1.54, 1.807) is 0 Å². The molecule has 1 aromatic rings. The van der Waals surface area contributed by atoms with E-state index >= 15 is 0 Å². The van der Waals surface area contributed by atoms with Gasteiger partial charge in [0.25, 0.3) is 5.95 Å². The molecule has 1 aromatic heterocycles. The van der Waals surface area contributed by atoms with Crippen LogP contribution < -0.4 is 4.74 Å². The van der Waals surface area contributed by atoms with E-state index in [2.05, 4.69) is 13.8 Å². The van der Waals surface area contributed by atoms with E-state index < -0.39 is 5.97 Å². The Labute approximate surface area is 88.8 Å². The first-order valence-electron chi connectivity index (χ1n) is 5.09. The Kier molecular flexibility index (Phi) is 4.21. The molecule has 0 aromatic carbocycles. The van der Waals surface area contributed by atoms with Crippen LogP contribution in [0.3, 0.4) is 0 Å². The lowest BCUT2D eigenvalue weighted by molar-refractivity contribution is 0.0652. The van der Waals surface area contributed by atoms with Crippen LogP contribution in [0.5, 0.6) is 5.95 Å². The van der Waals surface area contributed by atoms with Crippen molar-refractivity contribution in [3.8, 4) is 5.95 Å². The summed E-state index contributed by atoms with van der Waals surface area (Å²) < 4.78 is 10.3. The van der Waals surface area contributed by atoms with Gasteiger partial charge < -0.3 is 14.3 Å². The smallest absolute Gasteiger partial charge is 0.371 e. The minimum atomic E-state index is -1.08. The molecule has 0 saturated heterocycles. The number of ether oxygens (including phenoxy) is 1. The lowest BCUT2D eigenvalue weighted by Gasteiger charge is -2.09. The number of furan rings is 1. The molecular weight excluding hydrogens is 196 g/mol. The van der Waals surface area contributed by atoms with Crippen LogP contribution in [0.15, 0.2) is 16.5 Å². The number of hydrogen-bond donors (Lipinski definition) is 1. The standard InChI is InChI=1S/C11H16O4/c1-3-4-8(2)7-14-10-6-5-9(15-10)11(12)13/h5-6,8H,3-4,7H2,1-2H3,(H,12,13). The summed E-state index contributed by atoms with van der Waals surface area (Å²) in [5.74, 6) is -0.441. The molecule has 1 atom stereocenters. The highest BCUT2D eigenvalue weighted by Crippen LogP contribution is 2.17. The van der Waals surface area contributed by atoms with Crippen LogP contribution in [0, 0.1) is 5.92 Å². The van der Waals surface area contributed by atoms with Crippen molar-refractivity contribution in [2.24, 2.45) is 5.92 Å². The van der Waals surface area contributed by atoms with E-state index in [-0.39, 0.29) is 11.7 Å². The highest BCUT2D eigenvalue weighted by Gasteiger charge is 2.10. The normalized spacial score (nSPS) is 12.4. The monoisotopic (exact) mass is 212 g/mol. The Morgan fingerprint density at radius 2 is 2.33 bits per heavy atom. The quantitative estimate of drug-likeness (QED) is 0.787. The minimum absolute atomic E-state index is 0.0897. The average Bonchev–Trinajstić information content (AvgIpc) is 2.63. The van der Waals surface area contributed by atoms with Gasteiger partial charge in [-0.3, -0.25) is 0 Å². The Morgan fingerprint density at radius 3 is 2.87 bits per heavy atom. The molecule has 0 spiro atoms. The molecule has 4 nitrogen and oxygen atoms in total. The van der Waals surface area contributed by atoms with Gasteiger partial charge in [-0.2, -0.15) is 0 Å². The molecule has 0 aliphatic rings. The molecule has 1 rings (SSSR count). The van der Waals surface area contributed by atoms with Crippen LogP contribution in [-0.4, -0.2) is 17.7 Å². The van der Waals surface area contributed by atoms with Gasteiger partial charge in [-0.25, -0.2) is 4.79 Å². The number of carboxylic acids is 1. The van der Waals surface area contributed by atoms with Crippen molar-refractivity contribution in [2.75, 3.05) is 6.61 Å². The molecule has 0 fully saturated rings. The van der Waals surface area contributed by atoms with Gasteiger partial charge in [0.2, 0.25) is 5.76 Å². The van der Waals surface area contributed by atoms with E-state index in [4.69, 9.17) is 14.3 Å². The Hall–Kier alpha value is -1.45. The summed E-state index contributed by atoms with van der Waals surface area (Å²) in [7, 11) is 0. The molecule has 1 N–H and O–H groups in total.